The van der Waals surface area contributed by atoms with Gasteiger partial charge >= 0.3 is 0 Å². The zero-order valence-electron chi connectivity index (χ0n) is 8.21. The number of halogens is 2. The quantitative estimate of drug-likeness (QED) is 0.749. The van der Waals surface area contributed by atoms with Crippen LogP contribution in [0.2, 0.25) is 5.15 Å². The summed E-state index contributed by atoms with van der Waals surface area (Å²) >= 11 is 9.20. The molecule has 0 amide bonds. The van der Waals surface area contributed by atoms with Gasteiger partial charge in [-0.25, -0.2) is 9.97 Å². The Balaban J connectivity index is 2.55. The first-order chi connectivity index (χ1) is 7.08. The van der Waals surface area contributed by atoms with Gasteiger partial charge in [-0.05, 0) is 41.9 Å². The summed E-state index contributed by atoms with van der Waals surface area (Å²) in [5, 5.41) is 0.463. The minimum atomic E-state index is 0.463. The van der Waals surface area contributed by atoms with E-state index in [0.717, 1.165) is 11.3 Å². The fourth-order valence-corrected chi connectivity index (χ4v) is 1.66. The first kappa shape index (κ1) is 10.6. The lowest BCUT2D eigenvalue weighted by Crippen LogP contribution is -1.95. The van der Waals surface area contributed by atoms with E-state index in [9.17, 15) is 0 Å². The van der Waals surface area contributed by atoms with Crippen molar-refractivity contribution in [3.63, 3.8) is 0 Å². The summed E-state index contributed by atoms with van der Waals surface area (Å²) < 4.78 is 6.00. The molecule has 0 aromatic carbocycles. The van der Waals surface area contributed by atoms with Crippen LogP contribution < -0.4 is 0 Å². The van der Waals surface area contributed by atoms with Gasteiger partial charge in [0.2, 0.25) is 0 Å². The average Bonchev–Trinajstić information content (AvgIpc) is 2.60. The molecule has 2 aromatic heterocycles. The maximum atomic E-state index is 5.97. The van der Waals surface area contributed by atoms with Crippen molar-refractivity contribution in [2.75, 3.05) is 0 Å². The minimum Gasteiger partial charge on any atom is -0.446 e. The predicted octanol–water partition coefficient (Wildman–Crippen LogP) is 3.77. The van der Waals surface area contributed by atoms with Crippen molar-refractivity contribution < 1.29 is 4.42 Å². The third-order valence-corrected chi connectivity index (χ3v) is 2.92. The van der Waals surface area contributed by atoms with Gasteiger partial charge in [0.25, 0.3) is 0 Å². The van der Waals surface area contributed by atoms with E-state index >= 15 is 0 Å². The smallest absolute Gasteiger partial charge is 0.197 e. The molecule has 15 heavy (non-hydrogen) atoms. The van der Waals surface area contributed by atoms with Gasteiger partial charge in [0.05, 0.1) is 0 Å². The Morgan fingerprint density at radius 2 is 2.00 bits per heavy atom. The van der Waals surface area contributed by atoms with Crippen LogP contribution in [0.4, 0.5) is 0 Å². The second-order valence-corrected chi connectivity index (χ2v) is 4.29. The SMILES string of the molecule is Cc1nc(-c2ccc(Br)o2)nc(Cl)c1C. The lowest BCUT2D eigenvalue weighted by atomic mass is 10.2. The van der Waals surface area contributed by atoms with Crippen LogP contribution in [-0.4, -0.2) is 9.97 Å². The summed E-state index contributed by atoms with van der Waals surface area (Å²) in [7, 11) is 0. The van der Waals surface area contributed by atoms with E-state index in [1.54, 1.807) is 12.1 Å². The van der Waals surface area contributed by atoms with Gasteiger partial charge in [0.1, 0.15) is 5.15 Å². The van der Waals surface area contributed by atoms with E-state index in [2.05, 4.69) is 25.9 Å². The topological polar surface area (TPSA) is 38.9 Å². The summed E-state index contributed by atoms with van der Waals surface area (Å²) in [5.74, 6) is 1.11. The molecule has 0 N–H and O–H groups in total. The van der Waals surface area contributed by atoms with Crippen molar-refractivity contribution in [3.05, 3.63) is 33.2 Å². The molecule has 0 aliphatic carbocycles. The van der Waals surface area contributed by atoms with E-state index in [-0.39, 0.29) is 0 Å². The molecule has 0 radical (unpaired) electrons. The van der Waals surface area contributed by atoms with Gasteiger partial charge in [-0.1, -0.05) is 11.6 Å². The number of aryl methyl sites for hydroxylation is 1. The van der Waals surface area contributed by atoms with Gasteiger partial charge < -0.3 is 4.42 Å². The van der Waals surface area contributed by atoms with Crippen LogP contribution in [-0.2, 0) is 0 Å². The van der Waals surface area contributed by atoms with Crippen LogP contribution in [0, 0.1) is 13.8 Å². The normalized spacial score (nSPS) is 10.7. The van der Waals surface area contributed by atoms with Gasteiger partial charge in [0.15, 0.2) is 16.3 Å². The van der Waals surface area contributed by atoms with E-state index in [1.165, 1.54) is 0 Å². The molecular weight excluding hydrogens is 279 g/mol. The fourth-order valence-electron chi connectivity index (χ4n) is 1.14. The molecule has 0 saturated heterocycles. The molecule has 0 atom stereocenters. The Bertz CT molecular complexity index is 487. The molecule has 0 spiro atoms. The van der Waals surface area contributed by atoms with E-state index in [1.807, 2.05) is 13.8 Å². The highest BCUT2D eigenvalue weighted by atomic mass is 79.9. The summed E-state index contributed by atoms with van der Waals surface area (Å²) in [6, 6.07) is 3.59. The Morgan fingerprint density at radius 1 is 1.27 bits per heavy atom. The van der Waals surface area contributed by atoms with Gasteiger partial charge in [-0.2, -0.15) is 0 Å². The molecule has 2 aromatic rings. The van der Waals surface area contributed by atoms with Gasteiger partial charge in [-0.3, -0.25) is 0 Å². The van der Waals surface area contributed by atoms with Gasteiger partial charge in [0, 0.05) is 11.3 Å². The highest BCUT2D eigenvalue weighted by Crippen LogP contribution is 2.25. The van der Waals surface area contributed by atoms with E-state index in [0.29, 0.717) is 21.4 Å². The Labute approximate surface area is 101 Å². The molecule has 0 bridgehead atoms. The summed E-state index contributed by atoms with van der Waals surface area (Å²) in [4.78, 5) is 8.46. The maximum absolute atomic E-state index is 5.97. The second kappa shape index (κ2) is 3.94. The van der Waals surface area contributed by atoms with Crippen molar-refractivity contribution in [1.82, 2.24) is 9.97 Å². The lowest BCUT2D eigenvalue weighted by Gasteiger charge is -2.03. The van der Waals surface area contributed by atoms with Crippen LogP contribution >= 0.6 is 27.5 Å². The third-order valence-electron chi connectivity index (χ3n) is 2.12. The predicted molar refractivity (Wildman–Crippen MR) is 61.9 cm³/mol. The molecule has 0 fully saturated rings. The molecule has 78 valence electrons. The van der Waals surface area contributed by atoms with E-state index < -0.39 is 0 Å². The molecule has 5 heteroatoms. The average molecular weight is 288 g/mol. The Morgan fingerprint density at radius 3 is 2.53 bits per heavy atom. The fraction of sp³-hybridized carbons (Fsp3) is 0.200. The van der Waals surface area contributed by atoms with E-state index in [4.69, 9.17) is 16.0 Å². The molecule has 0 aliphatic rings. The summed E-state index contributed by atoms with van der Waals surface area (Å²) in [6.45, 7) is 3.78. The summed E-state index contributed by atoms with van der Waals surface area (Å²) in [5.41, 5.74) is 1.75. The molecular formula is C10H8BrClN2O. The highest BCUT2D eigenvalue weighted by Gasteiger charge is 2.10. The van der Waals surface area contributed by atoms with Gasteiger partial charge in [-0.15, -0.1) is 0 Å². The Kier molecular flexibility index (Phi) is 2.80. The molecule has 0 saturated carbocycles. The van der Waals surface area contributed by atoms with Crippen molar-refractivity contribution in [3.8, 4) is 11.6 Å². The number of hydrogen-bond acceptors (Lipinski definition) is 3. The van der Waals surface area contributed by atoms with Crippen LogP contribution in [0.25, 0.3) is 11.6 Å². The summed E-state index contributed by atoms with van der Waals surface area (Å²) in [6.07, 6.45) is 0. The standard InChI is InChI=1S/C10H8BrClN2O/c1-5-6(2)13-10(14-9(5)12)7-3-4-8(11)15-7/h3-4H,1-2H3. The Hall–Kier alpha value is -0.870. The first-order valence-corrected chi connectivity index (χ1v) is 5.51. The molecule has 0 unspecified atom stereocenters. The largest absolute Gasteiger partial charge is 0.446 e. The zero-order chi connectivity index (χ0) is 11.0. The first-order valence-electron chi connectivity index (χ1n) is 4.34. The van der Waals surface area contributed by atoms with Crippen LogP contribution in [0.5, 0.6) is 0 Å². The molecule has 2 rings (SSSR count). The van der Waals surface area contributed by atoms with Crippen molar-refractivity contribution in [2.45, 2.75) is 13.8 Å². The number of hydrogen-bond donors (Lipinski definition) is 0. The number of nitrogens with zero attached hydrogens (tertiary/aromatic N) is 2. The maximum Gasteiger partial charge on any atom is 0.197 e. The van der Waals surface area contributed by atoms with Crippen molar-refractivity contribution in [1.29, 1.82) is 0 Å². The van der Waals surface area contributed by atoms with Crippen LogP contribution in [0.1, 0.15) is 11.3 Å². The molecule has 3 nitrogen and oxygen atoms in total. The monoisotopic (exact) mass is 286 g/mol. The highest BCUT2D eigenvalue weighted by molar-refractivity contribution is 9.10. The number of aromatic nitrogens is 2. The second-order valence-electron chi connectivity index (χ2n) is 3.15. The lowest BCUT2D eigenvalue weighted by molar-refractivity contribution is 0.551. The number of rotatable bonds is 1. The molecule has 2 heterocycles. The van der Waals surface area contributed by atoms with Crippen molar-refractivity contribution >= 4 is 27.5 Å². The van der Waals surface area contributed by atoms with Crippen LogP contribution in [0.3, 0.4) is 0 Å². The minimum absolute atomic E-state index is 0.463. The van der Waals surface area contributed by atoms with Crippen LogP contribution in [0.15, 0.2) is 21.2 Å². The molecule has 0 aliphatic heterocycles. The van der Waals surface area contributed by atoms with Crippen molar-refractivity contribution in [2.24, 2.45) is 0 Å². The number of furan rings is 1. The third kappa shape index (κ3) is 2.06. The zero-order valence-corrected chi connectivity index (χ0v) is 10.6.